The van der Waals surface area contributed by atoms with E-state index in [-0.39, 0.29) is 16.9 Å². The van der Waals surface area contributed by atoms with E-state index < -0.39 is 10.0 Å². The Kier molecular flexibility index (Phi) is 5.32. The highest BCUT2D eigenvalue weighted by Crippen LogP contribution is 2.19. The summed E-state index contributed by atoms with van der Waals surface area (Å²) in [5.41, 5.74) is 6.37. The van der Waals surface area contributed by atoms with Crippen LogP contribution in [0.1, 0.15) is 18.9 Å². The Hall–Kier alpha value is -1.02. The summed E-state index contributed by atoms with van der Waals surface area (Å²) in [6, 6.07) is 6.48. The molecule has 3 N–H and O–H groups in total. The van der Waals surface area contributed by atoms with Crippen molar-refractivity contribution in [3.63, 3.8) is 0 Å². The van der Waals surface area contributed by atoms with Crippen LogP contribution in [0.4, 0.5) is 0 Å². The number of hydrogen-bond acceptors (Lipinski definition) is 4. The van der Waals surface area contributed by atoms with Gasteiger partial charge in [0, 0.05) is 25.0 Å². The van der Waals surface area contributed by atoms with Crippen LogP contribution >= 0.6 is 12.2 Å². The summed E-state index contributed by atoms with van der Waals surface area (Å²) in [6.07, 6.45) is 1.36. The summed E-state index contributed by atoms with van der Waals surface area (Å²) in [5.74, 6) is 0.230. The summed E-state index contributed by atoms with van der Waals surface area (Å²) in [7, 11) is -3.51. The minimum atomic E-state index is -3.51. The van der Waals surface area contributed by atoms with Gasteiger partial charge in [0.1, 0.15) is 0 Å². The van der Waals surface area contributed by atoms with E-state index in [1.54, 1.807) is 24.3 Å². The molecule has 0 spiro atoms. The molecule has 0 aliphatic carbocycles. The summed E-state index contributed by atoms with van der Waals surface area (Å²) >= 11 is 4.84. The second-order valence-electron chi connectivity index (χ2n) is 5.32. The van der Waals surface area contributed by atoms with Gasteiger partial charge in [-0.15, -0.1) is 0 Å². The van der Waals surface area contributed by atoms with Crippen LogP contribution in [0.5, 0.6) is 0 Å². The van der Waals surface area contributed by atoms with E-state index in [1.807, 2.05) is 6.92 Å². The lowest BCUT2D eigenvalue weighted by molar-refractivity contribution is 0.180. The van der Waals surface area contributed by atoms with Gasteiger partial charge in [0.05, 0.1) is 16.5 Å². The number of ether oxygens (including phenoxy) is 1. The minimum Gasteiger partial charge on any atom is -0.393 e. The molecular weight excluding hydrogens is 308 g/mol. The number of nitrogens with one attached hydrogen (secondary N) is 1. The van der Waals surface area contributed by atoms with E-state index in [9.17, 15) is 8.42 Å². The first-order valence-electron chi connectivity index (χ1n) is 6.86. The number of hydrogen-bond donors (Lipinski definition) is 2. The van der Waals surface area contributed by atoms with E-state index in [0.717, 1.165) is 12.0 Å². The van der Waals surface area contributed by atoms with Gasteiger partial charge in [0.2, 0.25) is 10.0 Å². The van der Waals surface area contributed by atoms with Crippen LogP contribution in [-0.4, -0.2) is 32.7 Å². The average molecular weight is 328 g/mol. The average Bonchev–Trinajstić information content (AvgIpc) is 2.92. The number of benzene rings is 1. The predicted molar refractivity (Wildman–Crippen MR) is 85.6 cm³/mol. The highest BCUT2D eigenvalue weighted by molar-refractivity contribution is 7.89. The third-order valence-electron chi connectivity index (χ3n) is 3.63. The molecule has 1 aliphatic heterocycles. The molecule has 2 unspecified atom stereocenters. The third-order valence-corrected chi connectivity index (χ3v) is 5.34. The Morgan fingerprint density at radius 3 is 2.67 bits per heavy atom. The highest BCUT2D eigenvalue weighted by atomic mass is 32.2. The summed E-state index contributed by atoms with van der Waals surface area (Å²) in [5, 5.41) is 0. The van der Waals surface area contributed by atoms with E-state index >= 15 is 0 Å². The van der Waals surface area contributed by atoms with Gasteiger partial charge in [0.15, 0.2) is 0 Å². The third kappa shape index (κ3) is 4.47. The normalized spacial score (nSPS) is 20.3. The number of rotatable bonds is 6. The zero-order valence-electron chi connectivity index (χ0n) is 11.9. The molecule has 7 heteroatoms. The largest absolute Gasteiger partial charge is 0.393 e. The first-order chi connectivity index (χ1) is 9.88. The molecule has 1 heterocycles. The smallest absolute Gasteiger partial charge is 0.240 e. The molecule has 0 amide bonds. The first-order valence-corrected chi connectivity index (χ1v) is 8.75. The van der Waals surface area contributed by atoms with Gasteiger partial charge < -0.3 is 10.5 Å². The molecule has 1 fully saturated rings. The molecule has 0 aromatic heterocycles. The summed E-state index contributed by atoms with van der Waals surface area (Å²) in [4.78, 5) is 0.638. The van der Waals surface area contributed by atoms with Gasteiger partial charge in [-0.05, 0) is 31.0 Å². The molecule has 1 aliphatic rings. The van der Waals surface area contributed by atoms with Gasteiger partial charge in [-0.3, -0.25) is 0 Å². The molecule has 1 aromatic carbocycles. The lowest BCUT2D eigenvalue weighted by Gasteiger charge is -2.19. The van der Waals surface area contributed by atoms with Gasteiger partial charge >= 0.3 is 0 Å². The van der Waals surface area contributed by atoms with Crippen LogP contribution in [0.25, 0.3) is 0 Å². The fraction of sp³-hybridized carbons (Fsp3) is 0.500. The molecule has 1 aromatic rings. The maximum Gasteiger partial charge on any atom is 0.240 e. The topological polar surface area (TPSA) is 81.4 Å². The van der Waals surface area contributed by atoms with Crippen LogP contribution in [0.15, 0.2) is 29.2 Å². The Morgan fingerprint density at radius 2 is 2.14 bits per heavy atom. The van der Waals surface area contributed by atoms with E-state index in [4.69, 9.17) is 22.7 Å². The monoisotopic (exact) mass is 328 g/mol. The van der Waals surface area contributed by atoms with Gasteiger partial charge in [0.25, 0.3) is 0 Å². The fourth-order valence-corrected chi connectivity index (χ4v) is 3.82. The van der Waals surface area contributed by atoms with Crippen molar-refractivity contribution in [1.82, 2.24) is 4.72 Å². The van der Waals surface area contributed by atoms with Gasteiger partial charge in [-0.1, -0.05) is 24.4 Å². The second-order valence-corrected chi connectivity index (χ2v) is 7.56. The van der Waals surface area contributed by atoms with Crippen LogP contribution in [0.2, 0.25) is 0 Å². The molecular formula is C14H20N2O3S2. The molecule has 0 saturated carbocycles. The van der Waals surface area contributed by atoms with E-state index in [0.29, 0.717) is 24.6 Å². The van der Waals surface area contributed by atoms with Gasteiger partial charge in [-0.25, -0.2) is 13.1 Å². The molecule has 2 rings (SSSR count). The maximum atomic E-state index is 12.3. The number of thiocarbonyl (C=S) groups is 1. The molecule has 116 valence electrons. The van der Waals surface area contributed by atoms with E-state index in [1.165, 1.54) is 0 Å². The highest BCUT2D eigenvalue weighted by Gasteiger charge is 2.26. The van der Waals surface area contributed by atoms with Crippen LogP contribution in [-0.2, 0) is 21.2 Å². The van der Waals surface area contributed by atoms with Crippen molar-refractivity contribution in [1.29, 1.82) is 0 Å². The lowest BCUT2D eigenvalue weighted by Crippen LogP contribution is -2.38. The Bertz CT molecular complexity index is 593. The molecule has 1 saturated heterocycles. The Balaban J connectivity index is 2.06. The Labute approximate surface area is 130 Å². The predicted octanol–water partition coefficient (Wildman–Crippen LogP) is 1.22. The van der Waals surface area contributed by atoms with Crippen molar-refractivity contribution in [2.45, 2.75) is 30.7 Å². The van der Waals surface area contributed by atoms with Crippen molar-refractivity contribution >= 4 is 27.2 Å². The molecule has 5 nitrogen and oxygen atoms in total. The zero-order valence-corrected chi connectivity index (χ0v) is 13.5. The van der Waals surface area contributed by atoms with E-state index in [2.05, 4.69) is 4.72 Å². The van der Waals surface area contributed by atoms with Crippen molar-refractivity contribution in [3.8, 4) is 0 Å². The fourth-order valence-electron chi connectivity index (χ4n) is 2.34. The molecule has 0 radical (unpaired) electrons. The van der Waals surface area contributed by atoms with Gasteiger partial charge in [-0.2, -0.15) is 0 Å². The molecule has 0 bridgehead atoms. The van der Waals surface area contributed by atoms with Crippen molar-refractivity contribution in [2.24, 2.45) is 11.7 Å². The van der Waals surface area contributed by atoms with Crippen LogP contribution in [0, 0.1) is 5.92 Å². The van der Waals surface area contributed by atoms with Crippen molar-refractivity contribution in [3.05, 3.63) is 29.8 Å². The SMILES string of the molecule is CC(NS(=O)(=O)c1ccc(CC(N)=S)cc1)C1CCOC1. The molecule has 2 atom stereocenters. The lowest BCUT2D eigenvalue weighted by atomic mass is 10.0. The zero-order chi connectivity index (χ0) is 15.5. The standard InChI is InChI=1S/C14H20N2O3S2/c1-10(12-6-7-19-9-12)16-21(17,18)13-4-2-11(3-5-13)8-14(15)20/h2-5,10,12,16H,6-9H2,1H3,(H2,15,20). The molecule has 21 heavy (non-hydrogen) atoms. The Morgan fingerprint density at radius 1 is 1.48 bits per heavy atom. The minimum absolute atomic E-state index is 0.145. The van der Waals surface area contributed by atoms with Crippen molar-refractivity contribution in [2.75, 3.05) is 13.2 Å². The number of sulfonamides is 1. The van der Waals surface area contributed by atoms with Crippen LogP contribution in [0.3, 0.4) is 0 Å². The second kappa shape index (κ2) is 6.83. The number of nitrogens with two attached hydrogens (primary N) is 1. The summed E-state index contributed by atoms with van der Waals surface area (Å²) in [6.45, 7) is 3.18. The van der Waals surface area contributed by atoms with Crippen LogP contribution < -0.4 is 10.5 Å². The van der Waals surface area contributed by atoms with Crippen molar-refractivity contribution < 1.29 is 13.2 Å². The quantitative estimate of drug-likeness (QED) is 0.767. The first kappa shape index (κ1) is 16.4. The maximum absolute atomic E-state index is 12.3. The summed E-state index contributed by atoms with van der Waals surface area (Å²) < 4.78 is 32.7.